The van der Waals surface area contributed by atoms with Crippen molar-refractivity contribution in [2.75, 3.05) is 23.1 Å². The summed E-state index contributed by atoms with van der Waals surface area (Å²) in [7, 11) is 1.56. The van der Waals surface area contributed by atoms with E-state index < -0.39 is 0 Å². The molecule has 1 aromatic heterocycles. The molecule has 2 atom stereocenters. The maximum atomic E-state index is 12.9. The number of thiazole rings is 1. The molecule has 0 unspecified atom stereocenters. The molecule has 2 fully saturated rings. The second-order valence-corrected chi connectivity index (χ2v) is 10.4. The van der Waals surface area contributed by atoms with Crippen LogP contribution in [0.5, 0.6) is 5.75 Å². The number of carbonyl (C=O) groups is 3. The summed E-state index contributed by atoms with van der Waals surface area (Å²) in [6.07, 6.45) is 3.61. The zero-order valence-electron chi connectivity index (χ0n) is 18.1. The lowest BCUT2D eigenvalue weighted by molar-refractivity contribution is -0.122. The van der Waals surface area contributed by atoms with Crippen molar-refractivity contribution in [1.29, 1.82) is 0 Å². The highest BCUT2D eigenvalue weighted by molar-refractivity contribution is 8.01. The lowest BCUT2D eigenvalue weighted by Crippen LogP contribution is -2.30. The van der Waals surface area contributed by atoms with Gasteiger partial charge < -0.3 is 10.1 Å². The molecule has 1 saturated heterocycles. The number of thioether (sulfide) groups is 1. The van der Waals surface area contributed by atoms with Crippen LogP contribution in [-0.4, -0.2) is 35.6 Å². The summed E-state index contributed by atoms with van der Waals surface area (Å²) in [5, 5.41) is 2.86. The molecule has 33 heavy (non-hydrogen) atoms. The molecule has 0 spiro atoms. The monoisotopic (exact) mass is 481 g/mol. The van der Waals surface area contributed by atoms with Gasteiger partial charge in [0.2, 0.25) is 17.7 Å². The van der Waals surface area contributed by atoms with Crippen LogP contribution in [0.4, 0.5) is 11.4 Å². The summed E-state index contributed by atoms with van der Waals surface area (Å²) >= 11 is 2.80. The van der Waals surface area contributed by atoms with Crippen molar-refractivity contribution in [2.24, 2.45) is 11.8 Å². The fourth-order valence-corrected chi connectivity index (χ4v) is 6.47. The minimum Gasteiger partial charge on any atom is -0.495 e. The standard InChI is InChI=1S/C24H23N3O4S2/c1-31-19-9-5-4-8-17(19)25-21(28)13-32-24-26-18-11-10-14(12-20(18)33-24)27-22(29)15-6-2-3-7-16(15)23(27)30/h4-5,8-12,15-16H,2-3,6-7,13H2,1H3,(H,25,28)/t15-,16+. The summed E-state index contributed by atoms with van der Waals surface area (Å²) in [5.41, 5.74) is 2.02. The molecule has 2 heterocycles. The molecular weight excluding hydrogens is 458 g/mol. The number of anilines is 2. The highest BCUT2D eigenvalue weighted by atomic mass is 32.2. The van der Waals surface area contributed by atoms with Crippen molar-refractivity contribution < 1.29 is 19.1 Å². The van der Waals surface area contributed by atoms with Gasteiger partial charge in [0.05, 0.1) is 46.3 Å². The average Bonchev–Trinajstić information content (AvgIpc) is 3.36. The van der Waals surface area contributed by atoms with Crippen LogP contribution in [0.2, 0.25) is 0 Å². The number of benzene rings is 2. The Morgan fingerprint density at radius 3 is 2.61 bits per heavy atom. The predicted molar refractivity (Wildman–Crippen MR) is 130 cm³/mol. The van der Waals surface area contributed by atoms with E-state index in [4.69, 9.17) is 4.74 Å². The first kappa shape index (κ1) is 21.9. The van der Waals surface area contributed by atoms with Gasteiger partial charge in [0.1, 0.15) is 5.75 Å². The SMILES string of the molecule is COc1ccccc1NC(=O)CSc1nc2ccc(N3C(=O)[C@H]4CCCC[C@H]4C3=O)cc2s1. The zero-order chi connectivity index (χ0) is 22.9. The van der Waals surface area contributed by atoms with E-state index in [0.717, 1.165) is 40.2 Å². The Labute approximate surface area is 199 Å². The van der Waals surface area contributed by atoms with Crippen LogP contribution in [0, 0.1) is 11.8 Å². The minimum atomic E-state index is -0.170. The van der Waals surface area contributed by atoms with E-state index in [-0.39, 0.29) is 35.3 Å². The van der Waals surface area contributed by atoms with E-state index in [0.29, 0.717) is 17.1 Å². The van der Waals surface area contributed by atoms with Crippen LogP contribution < -0.4 is 15.0 Å². The molecule has 2 aromatic carbocycles. The molecule has 2 aliphatic rings. The van der Waals surface area contributed by atoms with Crippen molar-refractivity contribution in [2.45, 2.75) is 30.0 Å². The number of aromatic nitrogens is 1. The number of carbonyl (C=O) groups excluding carboxylic acids is 3. The Bertz CT molecular complexity index is 1220. The molecular formula is C24H23N3O4S2. The molecule has 1 aliphatic heterocycles. The Hall–Kier alpha value is -2.91. The topological polar surface area (TPSA) is 88.6 Å². The average molecular weight is 482 g/mol. The second-order valence-electron chi connectivity index (χ2n) is 8.18. The summed E-state index contributed by atoms with van der Waals surface area (Å²) in [6, 6.07) is 12.7. The van der Waals surface area contributed by atoms with Gasteiger partial charge >= 0.3 is 0 Å². The van der Waals surface area contributed by atoms with Gasteiger partial charge in [-0.15, -0.1) is 11.3 Å². The summed E-state index contributed by atoms with van der Waals surface area (Å²) in [4.78, 5) is 44.2. The third-order valence-corrected chi connectivity index (χ3v) is 8.32. The van der Waals surface area contributed by atoms with Crippen LogP contribution in [-0.2, 0) is 14.4 Å². The second kappa shape index (κ2) is 9.15. The predicted octanol–water partition coefficient (Wildman–Crippen LogP) is 4.72. The van der Waals surface area contributed by atoms with Crippen molar-refractivity contribution in [3.63, 3.8) is 0 Å². The van der Waals surface area contributed by atoms with Crippen molar-refractivity contribution in [3.05, 3.63) is 42.5 Å². The van der Waals surface area contributed by atoms with Crippen LogP contribution in [0.3, 0.4) is 0 Å². The van der Waals surface area contributed by atoms with Crippen LogP contribution >= 0.6 is 23.1 Å². The van der Waals surface area contributed by atoms with Gasteiger partial charge in [0, 0.05) is 0 Å². The number of ether oxygens (including phenoxy) is 1. The van der Waals surface area contributed by atoms with Gasteiger partial charge in [0.25, 0.3) is 0 Å². The third kappa shape index (κ3) is 4.22. The van der Waals surface area contributed by atoms with Crippen LogP contribution in [0.1, 0.15) is 25.7 Å². The lowest BCUT2D eigenvalue weighted by atomic mass is 9.81. The van der Waals surface area contributed by atoms with E-state index in [2.05, 4.69) is 10.3 Å². The number of rotatable bonds is 6. The first-order valence-electron chi connectivity index (χ1n) is 10.9. The molecule has 5 rings (SSSR count). The van der Waals surface area contributed by atoms with Crippen molar-refractivity contribution in [3.8, 4) is 5.75 Å². The minimum absolute atomic E-state index is 0.0730. The van der Waals surface area contributed by atoms with Gasteiger partial charge in [-0.05, 0) is 43.2 Å². The molecule has 1 aliphatic carbocycles. The number of para-hydroxylation sites is 2. The normalized spacial score (nSPS) is 20.2. The van der Waals surface area contributed by atoms with Crippen LogP contribution in [0.25, 0.3) is 10.2 Å². The highest BCUT2D eigenvalue weighted by Gasteiger charge is 2.48. The molecule has 3 aromatic rings. The Balaban J connectivity index is 1.28. The molecule has 1 saturated carbocycles. The van der Waals surface area contributed by atoms with Gasteiger partial charge in [0.15, 0.2) is 4.34 Å². The Morgan fingerprint density at radius 2 is 1.88 bits per heavy atom. The van der Waals surface area contributed by atoms with Gasteiger partial charge in [-0.1, -0.05) is 36.7 Å². The number of fused-ring (bicyclic) bond motifs is 2. The largest absolute Gasteiger partial charge is 0.495 e. The van der Waals surface area contributed by atoms with Crippen molar-refractivity contribution >= 4 is 62.4 Å². The first-order chi connectivity index (χ1) is 16.0. The smallest absolute Gasteiger partial charge is 0.237 e. The lowest BCUT2D eigenvalue weighted by Gasteiger charge is -2.19. The molecule has 3 amide bonds. The summed E-state index contributed by atoms with van der Waals surface area (Å²) in [6.45, 7) is 0. The Kier molecular flexibility index (Phi) is 6.07. The van der Waals surface area contributed by atoms with Gasteiger partial charge in [-0.3, -0.25) is 19.3 Å². The molecule has 0 bridgehead atoms. The van der Waals surface area contributed by atoms with Gasteiger partial charge in [-0.2, -0.15) is 0 Å². The maximum absolute atomic E-state index is 12.9. The fourth-order valence-electron chi connectivity index (χ4n) is 4.57. The Morgan fingerprint density at radius 1 is 1.15 bits per heavy atom. The molecule has 9 heteroatoms. The molecule has 170 valence electrons. The van der Waals surface area contributed by atoms with E-state index in [9.17, 15) is 14.4 Å². The highest BCUT2D eigenvalue weighted by Crippen LogP contribution is 2.41. The third-order valence-electron chi connectivity index (χ3n) is 6.16. The number of nitrogens with zero attached hydrogens (tertiary/aromatic N) is 2. The molecule has 7 nitrogen and oxygen atoms in total. The number of imide groups is 1. The van der Waals surface area contributed by atoms with E-state index >= 15 is 0 Å². The quantitative estimate of drug-likeness (QED) is 0.405. The number of methoxy groups -OCH3 is 1. The number of hydrogen-bond acceptors (Lipinski definition) is 7. The molecule has 1 N–H and O–H groups in total. The summed E-state index contributed by atoms with van der Waals surface area (Å²) < 4.78 is 6.90. The zero-order valence-corrected chi connectivity index (χ0v) is 19.7. The van der Waals surface area contributed by atoms with Crippen molar-refractivity contribution in [1.82, 2.24) is 4.98 Å². The van der Waals surface area contributed by atoms with E-state index in [1.54, 1.807) is 25.3 Å². The number of hydrogen-bond donors (Lipinski definition) is 1. The summed E-state index contributed by atoms with van der Waals surface area (Å²) in [5.74, 6) is 0.173. The number of nitrogens with one attached hydrogen (secondary N) is 1. The van der Waals surface area contributed by atoms with Gasteiger partial charge in [-0.25, -0.2) is 4.98 Å². The molecule has 0 radical (unpaired) electrons. The fraction of sp³-hybridized carbons (Fsp3) is 0.333. The van der Waals surface area contributed by atoms with E-state index in [1.165, 1.54) is 28.0 Å². The number of amides is 3. The maximum Gasteiger partial charge on any atom is 0.237 e. The first-order valence-corrected chi connectivity index (χ1v) is 12.7. The van der Waals surface area contributed by atoms with Crippen LogP contribution in [0.15, 0.2) is 46.8 Å². The van der Waals surface area contributed by atoms with E-state index in [1.807, 2.05) is 24.3 Å².